The van der Waals surface area contributed by atoms with E-state index in [0.717, 1.165) is 5.56 Å². The van der Waals surface area contributed by atoms with Crippen LogP contribution in [0.1, 0.15) is 55.2 Å². The molecule has 7 N–H and O–H groups in total. The Labute approximate surface area is 230 Å². The van der Waals surface area contributed by atoms with Crippen molar-refractivity contribution in [3.8, 4) is 5.75 Å². The van der Waals surface area contributed by atoms with Gasteiger partial charge < -0.3 is 36.7 Å². The van der Waals surface area contributed by atoms with Crippen molar-refractivity contribution in [1.82, 2.24) is 30.6 Å². The number of nitrogens with one attached hydrogen (secondary N) is 2. The van der Waals surface area contributed by atoms with E-state index < -0.39 is 29.6 Å². The maximum absolute atomic E-state index is 12.8. The maximum Gasteiger partial charge on any atom is 0.407 e. The molecule has 0 saturated carbocycles. The van der Waals surface area contributed by atoms with Gasteiger partial charge in [-0.05, 0) is 64.2 Å². The van der Waals surface area contributed by atoms with E-state index in [-0.39, 0.29) is 36.0 Å². The number of hydrogen-bond donors (Lipinski definition) is 5. The normalized spacial score (nSPS) is 12.0. The van der Waals surface area contributed by atoms with Gasteiger partial charge in [0.15, 0.2) is 17.0 Å². The van der Waals surface area contributed by atoms with E-state index in [0.29, 0.717) is 36.1 Å². The topological polar surface area (TPSA) is 218 Å². The first-order valence-electron chi connectivity index (χ1n) is 12.6. The molecule has 14 nitrogen and oxygen atoms in total. The minimum absolute atomic E-state index is 0.00228. The second kappa shape index (κ2) is 12.9. The van der Waals surface area contributed by atoms with Gasteiger partial charge in [-0.25, -0.2) is 19.6 Å². The van der Waals surface area contributed by atoms with Gasteiger partial charge in [0.05, 0.1) is 24.6 Å². The monoisotopic (exact) mass is 554 g/mol. The first-order valence-corrected chi connectivity index (χ1v) is 12.6. The zero-order valence-electron chi connectivity index (χ0n) is 22.9. The lowest BCUT2D eigenvalue weighted by molar-refractivity contribution is -0.143. The summed E-state index contributed by atoms with van der Waals surface area (Å²) in [6, 6.07) is 3.66. The zero-order chi connectivity index (χ0) is 29.4. The van der Waals surface area contributed by atoms with Crippen LogP contribution in [-0.4, -0.2) is 68.3 Å². The molecule has 14 heteroatoms. The molecule has 0 saturated heterocycles. The SMILES string of the molecule is COC(=O)[C@H](CCCNC(=O)OC(C)(C)C)NC(=O)c1ccc(CCc2cnc3nc(N)nc(N)c3n2)cc1O. The number of carbonyl (C=O) groups excluding carboxylic acids is 3. The second-order valence-electron chi connectivity index (χ2n) is 9.97. The van der Waals surface area contributed by atoms with Crippen LogP contribution in [0.4, 0.5) is 16.6 Å². The number of benzene rings is 1. The molecule has 0 radical (unpaired) electrons. The molecule has 0 unspecified atom stereocenters. The summed E-state index contributed by atoms with van der Waals surface area (Å²) in [5, 5.41) is 15.7. The molecular formula is C26H34N8O6. The predicted molar refractivity (Wildman–Crippen MR) is 146 cm³/mol. The third-order valence-corrected chi connectivity index (χ3v) is 5.61. The second-order valence-corrected chi connectivity index (χ2v) is 9.97. The highest BCUT2D eigenvalue weighted by Gasteiger charge is 2.24. The number of nitrogen functional groups attached to an aromatic ring is 2. The molecule has 3 rings (SSSR count). The third kappa shape index (κ3) is 8.38. The van der Waals surface area contributed by atoms with Crippen molar-refractivity contribution < 1.29 is 29.0 Å². The van der Waals surface area contributed by atoms with Crippen molar-refractivity contribution in [2.75, 3.05) is 25.1 Å². The van der Waals surface area contributed by atoms with Crippen LogP contribution >= 0.6 is 0 Å². The third-order valence-electron chi connectivity index (χ3n) is 5.61. The largest absolute Gasteiger partial charge is 0.507 e. The van der Waals surface area contributed by atoms with Crippen molar-refractivity contribution in [3.63, 3.8) is 0 Å². The molecule has 2 amide bonds. The van der Waals surface area contributed by atoms with Crippen molar-refractivity contribution in [3.05, 3.63) is 41.2 Å². The number of esters is 1. The highest BCUT2D eigenvalue weighted by Crippen LogP contribution is 2.21. The summed E-state index contributed by atoms with van der Waals surface area (Å²) in [7, 11) is 1.21. The average Bonchev–Trinajstić information content (AvgIpc) is 2.87. The zero-order valence-corrected chi connectivity index (χ0v) is 22.9. The van der Waals surface area contributed by atoms with Gasteiger partial charge in [0.2, 0.25) is 5.95 Å². The summed E-state index contributed by atoms with van der Waals surface area (Å²) in [4.78, 5) is 53.4. The number of aromatic hydroxyl groups is 1. The van der Waals surface area contributed by atoms with Crippen LogP contribution in [0.2, 0.25) is 0 Å². The Bertz CT molecular complexity index is 1390. The molecule has 0 bridgehead atoms. The fourth-order valence-electron chi connectivity index (χ4n) is 3.74. The number of nitrogens with two attached hydrogens (primary N) is 2. The van der Waals surface area contributed by atoms with Gasteiger partial charge in [0.1, 0.15) is 17.4 Å². The average molecular weight is 555 g/mol. The number of alkyl carbamates (subject to hydrolysis) is 1. The van der Waals surface area contributed by atoms with E-state index in [9.17, 15) is 19.5 Å². The summed E-state index contributed by atoms with van der Waals surface area (Å²) in [6.07, 6.45) is 2.51. The van der Waals surface area contributed by atoms with Gasteiger partial charge in [0.25, 0.3) is 5.91 Å². The van der Waals surface area contributed by atoms with Crippen LogP contribution in [0.5, 0.6) is 5.75 Å². The molecule has 2 aromatic heterocycles. The number of ether oxygens (including phenoxy) is 2. The molecule has 0 fully saturated rings. The summed E-state index contributed by atoms with van der Waals surface area (Å²) < 4.78 is 9.96. The molecule has 3 aromatic rings. The van der Waals surface area contributed by atoms with E-state index in [1.165, 1.54) is 19.2 Å². The number of fused-ring (bicyclic) bond motifs is 1. The fraction of sp³-hybridized carbons (Fsp3) is 0.423. The Morgan fingerprint density at radius 2 is 1.85 bits per heavy atom. The van der Waals surface area contributed by atoms with Gasteiger partial charge >= 0.3 is 12.1 Å². The van der Waals surface area contributed by atoms with Crippen LogP contribution in [0.3, 0.4) is 0 Å². The van der Waals surface area contributed by atoms with E-state index in [4.69, 9.17) is 20.9 Å². The molecule has 0 aliphatic rings. The summed E-state index contributed by atoms with van der Waals surface area (Å²) in [6.45, 7) is 5.48. The van der Waals surface area contributed by atoms with Gasteiger partial charge in [0, 0.05) is 6.54 Å². The van der Waals surface area contributed by atoms with E-state index in [1.807, 2.05) is 0 Å². The molecular weight excluding hydrogens is 520 g/mol. The number of nitrogens with zero attached hydrogens (tertiary/aromatic N) is 4. The Hall–Kier alpha value is -4.75. The minimum Gasteiger partial charge on any atom is -0.507 e. The van der Waals surface area contributed by atoms with Gasteiger partial charge in [-0.3, -0.25) is 4.79 Å². The summed E-state index contributed by atoms with van der Waals surface area (Å²) in [5.41, 5.74) is 12.8. The van der Waals surface area contributed by atoms with Crippen LogP contribution in [0.25, 0.3) is 11.2 Å². The van der Waals surface area contributed by atoms with Gasteiger partial charge in [-0.2, -0.15) is 9.97 Å². The number of rotatable bonds is 10. The number of aryl methyl sites for hydroxylation is 2. The van der Waals surface area contributed by atoms with Crippen molar-refractivity contribution in [2.24, 2.45) is 0 Å². The standard InChI is InChI=1S/C26H34N8O6/c1-26(2,3)40-25(38)29-11-5-6-17(23(37)39-4)32-22(36)16-10-8-14(12-18(16)35)7-9-15-13-30-21-19(31-15)20(27)33-24(28)34-21/h8,10,12-13,17,35H,5-7,9,11H2,1-4H3,(H,29,38)(H,32,36)(H4,27,28,30,33,34)/t17-/m0/s1. The minimum atomic E-state index is -0.977. The van der Waals surface area contributed by atoms with E-state index in [2.05, 4.69) is 30.6 Å². The summed E-state index contributed by atoms with van der Waals surface area (Å²) >= 11 is 0. The fourth-order valence-corrected chi connectivity index (χ4v) is 3.74. The molecule has 0 aliphatic carbocycles. The Morgan fingerprint density at radius 3 is 2.52 bits per heavy atom. The molecule has 214 valence electrons. The Morgan fingerprint density at radius 1 is 1.10 bits per heavy atom. The van der Waals surface area contributed by atoms with E-state index >= 15 is 0 Å². The van der Waals surface area contributed by atoms with Crippen molar-refractivity contribution in [1.29, 1.82) is 0 Å². The van der Waals surface area contributed by atoms with Crippen LogP contribution < -0.4 is 22.1 Å². The first kappa shape index (κ1) is 29.8. The number of amides is 2. The maximum atomic E-state index is 12.8. The predicted octanol–water partition coefficient (Wildman–Crippen LogP) is 1.65. The highest BCUT2D eigenvalue weighted by atomic mass is 16.6. The molecule has 1 aromatic carbocycles. The van der Waals surface area contributed by atoms with Crippen LogP contribution in [0.15, 0.2) is 24.4 Å². The lowest BCUT2D eigenvalue weighted by Gasteiger charge is -2.20. The lowest BCUT2D eigenvalue weighted by atomic mass is 10.0. The number of methoxy groups -OCH3 is 1. The quantitative estimate of drug-likeness (QED) is 0.178. The van der Waals surface area contributed by atoms with Crippen molar-refractivity contribution in [2.45, 2.75) is 58.1 Å². The molecule has 40 heavy (non-hydrogen) atoms. The number of hydrogen-bond acceptors (Lipinski definition) is 12. The number of phenolic OH excluding ortho intramolecular Hbond substituents is 1. The smallest absolute Gasteiger partial charge is 0.407 e. The molecule has 2 heterocycles. The lowest BCUT2D eigenvalue weighted by Crippen LogP contribution is -2.42. The Balaban J connectivity index is 1.58. The van der Waals surface area contributed by atoms with Crippen LogP contribution in [0, 0.1) is 0 Å². The van der Waals surface area contributed by atoms with Gasteiger partial charge in [-0.1, -0.05) is 6.07 Å². The molecule has 0 spiro atoms. The molecule has 0 aliphatic heterocycles. The van der Waals surface area contributed by atoms with Crippen molar-refractivity contribution >= 4 is 40.9 Å². The van der Waals surface area contributed by atoms with Crippen LogP contribution in [-0.2, 0) is 27.1 Å². The number of anilines is 2. The van der Waals surface area contributed by atoms with Gasteiger partial charge in [-0.15, -0.1) is 0 Å². The first-order chi connectivity index (χ1) is 18.9. The summed E-state index contributed by atoms with van der Waals surface area (Å²) in [5.74, 6) is -1.39. The number of aromatic nitrogens is 4. The van der Waals surface area contributed by atoms with E-state index in [1.54, 1.807) is 33.0 Å². The number of carbonyl (C=O) groups is 3. The highest BCUT2D eigenvalue weighted by molar-refractivity contribution is 5.99. The number of phenols is 1. The Kier molecular flexibility index (Phi) is 9.59. The molecule has 1 atom stereocenters.